The Balaban J connectivity index is 2.76. The van der Waals surface area contributed by atoms with E-state index in [0.717, 1.165) is 5.46 Å². The number of benzene rings is 1. The largest absolute Gasteiger partial charge is 0.413 e. The quantitative estimate of drug-likeness (QED) is 0.329. The highest BCUT2D eigenvalue weighted by atomic mass is 19.1. The molecule has 0 atom stereocenters. The molecule has 80 valence electrons. The van der Waals surface area contributed by atoms with E-state index in [1.54, 1.807) is 25.1 Å². The van der Waals surface area contributed by atoms with Crippen LogP contribution in [0, 0.1) is 12.4 Å². The van der Waals surface area contributed by atoms with Gasteiger partial charge in [0.05, 0.1) is 0 Å². The topological polar surface area (TPSA) is 30.7 Å². The molecule has 1 aromatic rings. The predicted molar refractivity (Wildman–Crippen MR) is 59.6 cm³/mol. The molecule has 1 aromatic carbocycles. The molecule has 0 aromatic heterocycles. The predicted octanol–water partition coefficient (Wildman–Crippen LogP) is 1.17. The van der Waals surface area contributed by atoms with Crippen molar-refractivity contribution >= 4 is 18.7 Å². The SMILES string of the molecule is [C-]#[N+]OC(=O)C(Bc1ccc(F)cc1)=CC. The molecule has 3 nitrogen and oxygen atoms in total. The average Bonchev–Trinajstić information content (AvgIpc) is 2.28. The Hall–Kier alpha value is -2.09. The van der Waals surface area contributed by atoms with Gasteiger partial charge in [-0.1, -0.05) is 23.7 Å². The fourth-order valence-electron chi connectivity index (χ4n) is 1.21. The zero-order valence-corrected chi connectivity index (χ0v) is 8.74. The number of hydrogen-bond acceptors (Lipinski definition) is 2. The average molecular weight is 217 g/mol. The number of nitrogens with zero attached hydrogens (tertiary/aromatic N) is 1. The Morgan fingerprint density at radius 3 is 2.62 bits per heavy atom. The van der Waals surface area contributed by atoms with Crippen molar-refractivity contribution in [3.05, 3.63) is 53.2 Å². The van der Waals surface area contributed by atoms with Crippen LogP contribution < -0.4 is 5.46 Å². The second kappa shape index (κ2) is 5.71. The third kappa shape index (κ3) is 3.25. The van der Waals surface area contributed by atoms with Gasteiger partial charge in [0, 0.05) is 5.47 Å². The summed E-state index contributed by atoms with van der Waals surface area (Å²) in [6.07, 6.45) is 1.58. The summed E-state index contributed by atoms with van der Waals surface area (Å²) in [4.78, 5) is 15.5. The van der Waals surface area contributed by atoms with Crippen molar-refractivity contribution in [1.29, 1.82) is 0 Å². The molecule has 0 saturated carbocycles. The first kappa shape index (κ1) is 12.0. The van der Waals surface area contributed by atoms with Crippen LogP contribution in [-0.2, 0) is 9.63 Å². The minimum Gasteiger partial charge on any atom is -0.239 e. The molecule has 0 aliphatic heterocycles. The monoisotopic (exact) mass is 217 g/mol. The molecule has 0 radical (unpaired) electrons. The standard InChI is InChI=1S/C11H9BFNO2/c1-3-10(11(15)16-14-2)12-8-4-6-9(13)7-5-8/h3-7,12H,1H3. The van der Waals surface area contributed by atoms with E-state index >= 15 is 0 Å². The number of hydrogen-bond donors (Lipinski definition) is 0. The van der Waals surface area contributed by atoms with Gasteiger partial charge in [0.15, 0.2) is 0 Å². The summed E-state index contributed by atoms with van der Waals surface area (Å²) < 4.78 is 12.6. The van der Waals surface area contributed by atoms with Gasteiger partial charge < -0.3 is 0 Å². The van der Waals surface area contributed by atoms with Gasteiger partial charge in [-0.15, -0.1) is 4.84 Å². The molecule has 0 unspecified atom stereocenters. The zero-order chi connectivity index (χ0) is 12.0. The number of carbonyl (C=O) groups is 1. The lowest BCUT2D eigenvalue weighted by atomic mass is 9.63. The highest BCUT2D eigenvalue weighted by Crippen LogP contribution is 1.99. The first-order valence-corrected chi connectivity index (χ1v) is 4.65. The van der Waals surface area contributed by atoms with Gasteiger partial charge in [-0.2, -0.15) is 6.57 Å². The van der Waals surface area contributed by atoms with Gasteiger partial charge in [-0.3, -0.25) is 0 Å². The van der Waals surface area contributed by atoms with Crippen LogP contribution in [0.3, 0.4) is 0 Å². The van der Waals surface area contributed by atoms with E-state index in [4.69, 9.17) is 6.57 Å². The Morgan fingerprint density at radius 1 is 1.50 bits per heavy atom. The first-order chi connectivity index (χ1) is 7.67. The Bertz CT molecular complexity index is 448. The Kier molecular flexibility index (Phi) is 4.28. The molecule has 16 heavy (non-hydrogen) atoms. The number of halogens is 1. The van der Waals surface area contributed by atoms with E-state index in [0.29, 0.717) is 12.8 Å². The van der Waals surface area contributed by atoms with Crippen LogP contribution >= 0.6 is 0 Å². The molecule has 5 heteroatoms. The summed E-state index contributed by atoms with van der Waals surface area (Å²) in [5, 5.41) is 2.56. The van der Waals surface area contributed by atoms with Crippen molar-refractivity contribution in [3.63, 3.8) is 0 Å². The van der Waals surface area contributed by atoms with Crippen molar-refractivity contribution < 1.29 is 14.0 Å². The molecule has 0 saturated heterocycles. The van der Waals surface area contributed by atoms with Crippen LogP contribution in [0.1, 0.15) is 6.92 Å². The summed E-state index contributed by atoms with van der Waals surface area (Å²) in [5.41, 5.74) is 1.17. The summed E-state index contributed by atoms with van der Waals surface area (Å²) in [5.74, 6) is -0.990. The van der Waals surface area contributed by atoms with Gasteiger partial charge in [0.2, 0.25) is 7.28 Å². The summed E-state index contributed by atoms with van der Waals surface area (Å²) in [7, 11) is 0.325. The van der Waals surface area contributed by atoms with Crippen LogP contribution in [0.4, 0.5) is 4.39 Å². The van der Waals surface area contributed by atoms with Crippen molar-refractivity contribution in [2.75, 3.05) is 0 Å². The smallest absolute Gasteiger partial charge is 0.239 e. The van der Waals surface area contributed by atoms with Crippen LogP contribution in [0.25, 0.3) is 5.01 Å². The number of carbonyl (C=O) groups excluding carboxylic acids is 1. The third-order valence-electron chi connectivity index (χ3n) is 2.05. The van der Waals surface area contributed by atoms with Crippen LogP contribution in [-0.4, -0.2) is 13.2 Å². The van der Waals surface area contributed by atoms with Gasteiger partial charge in [0.1, 0.15) is 5.82 Å². The maximum absolute atomic E-state index is 12.6. The Morgan fingerprint density at radius 2 is 2.12 bits per heavy atom. The maximum atomic E-state index is 12.6. The van der Waals surface area contributed by atoms with E-state index in [1.165, 1.54) is 12.1 Å². The molecule has 0 N–H and O–H groups in total. The molecule has 1 rings (SSSR count). The maximum Gasteiger partial charge on any atom is 0.413 e. The van der Waals surface area contributed by atoms with Gasteiger partial charge in [-0.25, -0.2) is 9.18 Å². The minimum atomic E-state index is -0.665. The van der Waals surface area contributed by atoms with Crippen LogP contribution in [0.2, 0.25) is 0 Å². The summed E-state index contributed by atoms with van der Waals surface area (Å²) in [6, 6.07) is 5.82. The molecule has 0 amide bonds. The first-order valence-electron chi connectivity index (χ1n) is 4.65. The highest BCUT2D eigenvalue weighted by molar-refractivity contribution is 6.66. The van der Waals surface area contributed by atoms with E-state index < -0.39 is 5.97 Å². The summed E-state index contributed by atoms with van der Waals surface area (Å²) in [6.45, 7) is 8.10. The lowest BCUT2D eigenvalue weighted by molar-refractivity contribution is -0.133. The molecule has 0 heterocycles. The zero-order valence-electron chi connectivity index (χ0n) is 8.74. The van der Waals surface area contributed by atoms with Crippen molar-refractivity contribution in [3.8, 4) is 0 Å². The van der Waals surface area contributed by atoms with E-state index in [-0.39, 0.29) is 5.82 Å². The number of rotatable bonds is 3. The second-order valence-corrected chi connectivity index (χ2v) is 3.09. The third-order valence-corrected chi connectivity index (χ3v) is 2.05. The van der Waals surface area contributed by atoms with Gasteiger partial charge >= 0.3 is 5.97 Å². The molecule has 0 aliphatic rings. The lowest BCUT2D eigenvalue weighted by Crippen LogP contribution is -2.21. The fraction of sp³-hybridized carbons (Fsp3) is 0.0909. The van der Waals surface area contributed by atoms with Crippen molar-refractivity contribution in [2.24, 2.45) is 0 Å². The van der Waals surface area contributed by atoms with Gasteiger partial charge in [0.25, 0.3) is 0 Å². The fourth-order valence-corrected chi connectivity index (χ4v) is 1.21. The van der Waals surface area contributed by atoms with Crippen LogP contribution in [0.5, 0.6) is 0 Å². The molecule has 0 spiro atoms. The minimum absolute atomic E-state index is 0.325. The highest BCUT2D eigenvalue weighted by Gasteiger charge is 2.15. The second-order valence-electron chi connectivity index (χ2n) is 3.09. The lowest BCUT2D eigenvalue weighted by Gasteiger charge is -1.99. The van der Waals surface area contributed by atoms with Crippen LogP contribution in [0.15, 0.2) is 35.8 Å². The molecule has 0 aliphatic carbocycles. The molecular formula is C11H9BFNO2. The van der Waals surface area contributed by atoms with Crippen molar-refractivity contribution in [2.45, 2.75) is 6.92 Å². The molecular weight excluding hydrogens is 208 g/mol. The van der Waals surface area contributed by atoms with E-state index in [9.17, 15) is 9.18 Å². The summed E-state index contributed by atoms with van der Waals surface area (Å²) >= 11 is 0. The number of allylic oxidation sites excluding steroid dienone is 1. The molecule has 0 fully saturated rings. The normalized spacial score (nSPS) is 10.4. The van der Waals surface area contributed by atoms with Gasteiger partial charge in [-0.05, 0) is 24.1 Å². The van der Waals surface area contributed by atoms with E-state index in [1.807, 2.05) is 0 Å². The molecule has 0 bridgehead atoms. The van der Waals surface area contributed by atoms with E-state index in [2.05, 4.69) is 9.85 Å². The Labute approximate surface area is 93.6 Å². The van der Waals surface area contributed by atoms with Crippen molar-refractivity contribution in [1.82, 2.24) is 0 Å².